The molecule has 0 saturated heterocycles. The molecule has 3 aromatic rings. The Morgan fingerprint density at radius 1 is 0.968 bits per heavy atom. The molecule has 4 rings (SSSR count). The molecule has 0 saturated carbocycles. The molecule has 6 heteroatoms. The summed E-state index contributed by atoms with van der Waals surface area (Å²) in [5.74, 6) is -0.122. The van der Waals surface area contributed by atoms with Gasteiger partial charge < -0.3 is 15.5 Å². The predicted octanol–water partition coefficient (Wildman–Crippen LogP) is 4.82. The van der Waals surface area contributed by atoms with Gasteiger partial charge in [0, 0.05) is 21.5 Å². The highest BCUT2D eigenvalue weighted by atomic mass is 35.5. The molecular formula is C25H23Cl2NO3. The number of hydrogen-bond donors (Lipinski definition) is 3. The Bertz CT molecular complexity index is 1110. The number of fused-ring (bicyclic) bond motifs is 1. The second-order valence-corrected chi connectivity index (χ2v) is 8.63. The molecule has 1 amide bonds. The lowest BCUT2D eigenvalue weighted by molar-refractivity contribution is 0.0879. The number of benzene rings is 3. The summed E-state index contributed by atoms with van der Waals surface area (Å²) in [6.07, 6.45) is 1.98. The second-order valence-electron chi connectivity index (χ2n) is 7.79. The molecule has 1 unspecified atom stereocenters. The number of hydrogen-bond acceptors (Lipinski definition) is 3. The maximum absolute atomic E-state index is 12.5. The summed E-state index contributed by atoms with van der Waals surface area (Å²) in [6, 6.07) is 18.7. The van der Waals surface area contributed by atoms with Crippen molar-refractivity contribution in [1.82, 2.24) is 5.32 Å². The standard InChI is InChI=1S/C25H23Cl2NO3/c26-19-7-9-22(24(27)12-19)21-8-6-15-4-5-17(11-23(15)21)16-2-1-3-18(10-16)25(31)28-20(13-29)14-30/h1-5,7,9-12,20-21,29-30H,6,8,13-14H2,(H,28,31). The first-order valence-electron chi connectivity index (χ1n) is 10.2. The van der Waals surface area contributed by atoms with Gasteiger partial charge in [-0.1, -0.05) is 59.6 Å². The van der Waals surface area contributed by atoms with Crippen molar-refractivity contribution in [2.45, 2.75) is 24.8 Å². The smallest absolute Gasteiger partial charge is 0.251 e. The zero-order valence-electron chi connectivity index (χ0n) is 16.8. The number of carbonyl (C=O) groups is 1. The summed E-state index contributed by atoms with van der Waals surface area (Å²) in [7, 11) is 0. The fraction of sp³-hybridized carbons (Fsp3) is 0.240. The Morgan fingerprint density at radius 2 is 1.74 bits per heavy atom. The minimum absolute atomic E-state index is 0.209. The SMILES string of the molecule is O=C(NC(CO)CO)c1cccc(-c2ccc3c(c2)C(c2ccc(Cl)cc2Cl)CC3)c1. The number of rotatable bonds is 6. The van der Waals surface area contributed by atoms with E-state index < -0.39 is 6.04 Å². The first-order valence-corrected chi connectivity index (χ1v) is 11.0. The molecule has 0 bridgehead atoms. The van der Waals surface area contributed by atoms with Crippen molar-refractivity contribution in [3.63, 3.8) is 0 Å². The second kappa shape index (κ2) is 9.41. The van der Waals surface area contributed by atoms with Crippen LogP contribution in [0.1, 0.15) is 39.4 Å². The van der Waals surface area contributed by atoms with Gasteiger partial charge in [0.2, 0.25) is 0 Å². The zero-order chi connectivity index (χ0) is 22.0. The number of carbonyl (C=O) groups excluding carboxylic acids is 1. The van der Waals surface area contributed by atoms with E-state index >= 15 is 0 Å². The van der Waals surface area contributed by atoms with Crippen LogP contribution in [-0.2, 0) is 6.42 Å². The van der Waals surface area contributed by atoms with Crippen LogP contribution in [0.25, 0.3) is 11.1 Å². The minimum Gasteiger partial charge on any atom is -0.394 e. The Kier molecular flexibility index (Phi) is 6.63. The normalized spacial score (nSPS) is 15.2. The number of nitrogens with one attached hydrogen (secondary N) is 1. The predicted molar refractivity (Wildman–Crippen MR) is 124 cm³/mol. The lowest BCUT2D eigenvalue weighted by Crippen LogP contribution is -2.40. The number of halogens is 2. The molecule has 0 fully saturated rings. The molecule has 3 N–H and O–H groups in total. The Hall–Kier alpha value is -2.37. The molecule has 0 aromatic heterocycles. The van der Waals surface area contributed by atoms with Crippen molar-refractivity contribution >= 4 is 29.1 Å². The molecule has 0 aliphatic heterocycles. The maximum atomic E-state index is 12.5. The number of aliphatic hydroxyl groups is 2. The lowest BCUT2D eigenvalue weighted by atomic mass is 9.90. The van der Waals surface area contributed by atoms with E-state index in [2.05, 4.69) is 23.5 Å². The Labute approximate surface area is 191 Å². The van der Waals surface area contributed by atoms with Gasteiger partial charge in [-0.15, -0.1) is 0 Å². The van der Waals surface area contributed by atoms with E-state index in [-0.39, 0.29) is 25.0 Å². The molecule has 1 aliphatic rings. The van der Waals surface area contributed by atoms with E-state index in [4.69, 9.17) is 23.2 Å². The van der Waals surface area contributed by atoms with Crippen molar-refractivity contribution in [3.05, 3.63) is 93.0 Å². The van der Waals surface area contributed by atoms with E-state index in [0.29, 0.717) is 15.6 Å². The van der Waals surface area contributed by atoms with E-state index in [9.17, 15) is 15.0 Å². The van der Waals surface area contributed by atoms with Crippen LogP contribution in [0.4, 0.5) is 0 Å². The summed E-state index contributed by atoms with van der Waals surface area (Å²) in [4.78, 5) is 12.5. The van der Waals surface area contributed by atoms with Gasteiger partial charge in [-0.05, 0) is 64.9 Å². The average molecular weight is 456 g/mol. The highest BCUT2D eigenvalue weighted by Crippen LogP contribution is 2.42. The van der Waals surface area contributed by atoms with Crippen LogP contribution in [0.3, 0.4) is 0 Å². The van der Waals surface area contributed by atoms with Crippen molar-refractivity contribution in [3.8, 4) is 11.1 Å². The third-order valence-electron chi connectivity index (χ3n) is 5.80. The summed E-state index contributed by atoms with van der Waals surface area (Å²) < 4.78 is 0. The fourth-order valence-electron chi connectivity index (χ4n) is 4.15. The monoisotopic (exact) mass is 455 g/mol. The van der Waals surface area contributed by atoms with Crippen LogP contribution in [0.5, 0.6) is 0 Å². The topological polar surface area (TPSA) is 69.6 Å². The lowest BCUT2D eigenvalue weighted by Gasteiger charge is -2.16. The van der Waals surface area contributed by atoms with Gasteiger partial charge in [0.05, 0.1) is 19.3 Å². The molecule has 3 aromatic carbocycles. The Morgan fingerprint density at radius 3 is 2.48 bits per heavy atom. The third kappa shape index (κ3) is 4.63. The maximum Gasteiger partial charge on any atom is 0.251 e. The molecule has 1 aliphatic carbocycles. The zero-order valence-corrected chi connectivity index (χ0v) is 18.3. The van der Waals surface area contributed by atoms with Gasteiger partial charge in [-0.3, -0.25) is 4.79 Å². The molecule has 0 spiro atoms. The van der Waals surface area contributed by atoms with Gasteiger partial charge in [0.1, 0.15) is 0 Å². The minimum atomic E-state index is -0.680. The molecule has 1 atom stereocenters. The average Bonchev–Trinajstić information content (AvgIpc) is 3.20. The van der Waals surface area contributed by atoms with Crippen LogP contribution in [0.2, 0.25) is 10.0 Å². The van der Waals surface area contributed by atoms with Crippen molar-refractivity contribution in [2.75, 3.05) is 13.2 Å². The highest BCUT2D eigenvalue weighted by molar-refractivity contribution is 6.35. The van der Waals surface area contributed by atoms with Crippen LogP contribution in [0, 0.1) is 0 Å². The van der Waals surface area contributed by atoms with Crippen molar-refractivity contribution < 1.29 is 15.0 Å². The van der Waals surface area contributed by atoms with E-state index in [1.807, 2.05) is 30.3 Å². The van der Waals surface area contributed by atoms with Gasteiger partial charge >= 0.3 is 0 Å². The van der Waals surface area contributed by atoms with E-state index in [1.54, 1.807) is 12.1 Å². The molecule has 0 heterocycles. The largest absolute Gasteiger partial charge is 0.394 e. The summed E-state index contributed by atoms with van der Waals surface area (Å²) >= 11 is 12.6. The van der Waals surface area contributed by atoms with Gasteiger partial charge in [-0.25, -0.2) is 0 Å². The number of aryl methyl sites for hydroxylation is 1. The van der Waals surface area contributed by atoms with Gasteiger partial charge in [0.15, 0.2) is 0 Å². The molecule has 31 heavy (non-hydrogen) atoms. The van der Waals surface area contributed by atoms with Gasteiger partial charge in [-0.2, -0.15) is 0 Å². The summed E-state index contributed by atoms with van der Waals surface area (Å²) in [5, 5.41) is 22.3. The summed E-state index contributed by atoms with van der Waals surface area (Å²) in [6.45, 7) is -0.636. The Balaban J connectivity index is 1.65. The quantitative estimate of drug-likeness (QED) is 0.498. The fourth-order valence-corrected chi connectivity index (χ4v) is 4.69. The van der Waals surface area contributed by atoms with Crippen molar-refractivity contribution in [2.24, 2.45) is 0 Å². The van der Waals surface area contributed by atoms with Gasteiger partial charge in [0.25, 0.3) is 5.91 Å². The highest BCUT2D eigenvalue weighted by Gasteiger charge is 2.26. The third-order valence-corrected chi connectivity index (χ3v) is 6.36. The van der Waals surface area contributed by atoms with Crippen LogP contribution < -0.4 is 5.32 Å². The molecular weight excluding hydrogens is 433 g/mol. The van der Waals surface area contributed by atoms with Crippen LogP contribution >= 0.6 is 23.2 Å². The first kappa shape index (κ1) is 21.8. The molecule has 4 nitrogen and oxygen atoms in total. The van der Waals surface area contributed by atoms with Crippen LogP contribution in [-0.4, -0.2) is 35.4 Å². The number of aliphatic hydroxyl groups excluding tert-OH is 2. The molecule has 0 radical (unpaired) electrons. The number of amides is 1. The van der Waals surface area contributed by atoms with Crippen LogP contribution in [0.15, 0.2) is 60.7 Å². The van der Waals surface area contributed by atoms with E-state index in [1.165, 1.54) is 11.1 Å². The first-order chi connectivity index (χ1) is 15.0. The van der Waals surface area contributed by atoms with E-state index in [0.717, 1.165) is 29.5 Å². The van der Waals surface area contributed by atoms with Crippen molar-refractivity contribution in [1.29, 1.82) is 0 Å². The molecule has 160 valence electrons. The summed E-state index contributed by atoms with van der Waals surface area (Å²) in [5.41, 5.74) is 6.05.